The summed E-state index contributed by atoms with van der Waals surface area (Å²) in [5.41, 5.74) is 0.800. The van der Waals surface area contributed by atoms with E-state index in [1.807, 2.05) is 44.2 Å². The van der Waals surface area contributed by atoms with Crippen LogP contribution in [0.15, 0.2) is 36.4 Å². The molecule has 0 spiro atoms. The lowest BCUT2D eigenvalue weighted by Crippen LogP contribution is -2.44. The molecule has 3 nitrogen and oxygen atoms in total. The third kappa shape index (κ3) is 6.77. The number of benzene rings is 1. The molecule has 0 aromatic heterocycles. The van der Waals surface area contributed by atoms with Gasteiger partial charge in [-0.2, -0.15) is 0 Å². The zero-order chi connectivity index (χ0) is 14.1. The minimum Gasteiger partial charge on any atom is -0.461 e. The topological polar surface area (TPSA) is 38.3 Å². The predicted molar refractivity (Wildman–Crippen MR) is 78.8 cm³/mol. The zero-order valence-electron chi connectivity index (χ0n) is 12.0. The Morgan fingerprint density at radius 1 is 1.32 bits per heavy atom. The SMILES string of the molecule is CCCNC(C)(C)COC(=O)/C=C/c1ccccc1. The van der Waals surface area contributed by atoms with Gasteiger partial charge >= 0.3 is 5.97 Å². The molecule has 0 heterocycles. The second-order valence-corrected chi connectivity index (χ2v) is 5.16. The van der Waals surface area contributed by atoms with Gasteiger partial charge < -0.3 is 10.1 Å². The lowest BCUT2D eigenvalue weighted by Gasteiger charge is -2.25. The van der Waals surface area contributed by atoms with Gasteiger partial charge in [-0.25, -0.2) is 4.79 Å². The van der Waals surface area contributed by atoms with E-state index in [1.165, 1.54) is 6.08 Å². The molecule has 0 saturated carbocycles. The molecule has 3 heteroatoms. The maximum Gasteiger partial charge on any atom is 0.330 e. The molecule has 0 saturated heterocycles. The molecule has 1 aromatic carbocycles. The summed E-state index contributed by atoms with van der Waals surface area (Å²) in [7, 11) is 0. The third-order valence-corrected chi connectivity index (χ3v) is 2.64. The normalized spacial score (nSPS) is 11.7. The Morgan fingerprint density at radius 2 is 2.00 bits per heavy atom. The van der Waals surface area contributed by atoms with E-state index in [-0.39, 0.29) is 11.5 Å². The van der Waals surface area contributed by atoms with Crippen LogP contribution in [0.1, 0.15) is 32.8 Å². The number of ether oxygens (including phenoxy) is 1. The number of rotatable bonds is 7. The van der Waals surface area contributed by atoms with Gasteiger partial charge in [-0.15, -0.1) is 0 Å². The van der Waals surface area contributed by atoms with E-state index in [0.29, 0.717) is 6.61 Å². The standard InChI is InChI=1S/C16H23NO2/c1-4-12-17-16(2,3)13-19-15(18)11-10-14-8-6-5-7-9-14/h5-11,17H,4,12-13H2,1-3H3/b11-10+. The summed E-state index contributed by atoms with van der Waals surface area (Å²) in [4.78, 5) is 11.6. The highest BCUT2D eigenvalue weighted by molar-refractivity contribution is 5.87. The van der Waals surface area contributed by atoms with Crippen molar-refractivity contribution < 1.29 is 9.53 Å². The van der Waals surface area contributed by atoms with Crippen LogP contribution >= 0.6 is 0 Å². The molecule has 0 amide bonds. The molecule has 104 valence electrons. The van der Waals surface area contributed by atoms with Crippen molar-refractivity contribution in [2.45, 2.75) is 32.7 Å². The number of hydrogen-bond acceptors (Lipinski definition) is 3. The molecule has 0 radical (unpaired) electrons. The summed E-state index contributed by atoms with van der Waals surface area (Å²) in [6.07, 6.45) is 4.28. The van der Waals surface area contributed by atoms with Gasteiger partial charge in [-0.3, -0.25) is 0 Å². The number of esters is 1. The highest BCUT2D eigenvalue weighted by atomic mass is 16.5. The van der Waals surface area contributed by atoms with E-state index in [4.69, 9.17) is 4.74 Å². The molecule has 0 aliphatic heterocycles. The van der Waals surface area contributed by atoms with Crippen molar-refractivity contribution in [2.75, 3.05) is 13.2 Å². The van der Waals surface area contributed by atoms with Crippen molar-refractivity contribution >= 4 is 12.0 Å². The summed E-state index contributed by atoms with van der Waals surface area (Å²) in [6, 6.07) is 9.69. The number of carbonyl (C=O) groups is 1. The Balaban J connectivity index is 2.37. The molecule has 0 aliphatic rings. The van der Waals surface area contributed by atoms with Gasteiger partial charge in [0.25, 0.3) is 0 Å². The highest BCUT2D eigenvalue weighted by Crippen LogP contribution is 2.05. The molecule has 0 aliphatic carbocycles. The van der Waals surface area contributed by atoms with Gasteiger partial charge in [0.1, 0.15) is 6.61 Å². The molecule has 1 aromatic rings. The Labute approximate surface area is 115 Å². The molecular formula is C16H23NO2. The van der Waals surface area contributed by atoms with Crippen molar-refractivity contribution in [1.29, 1.82) is 0 Å². The first kappa shape index (κ1) is 15.4. The van der Waals surface area contributed by atoms with Gasteiger partial charge in [-0.05, 0) is 38.5 Å². The Hall–Kier alpha value is -1.61. The zero-order valence-corrected chi connectivity index (χ0v) is 12.0. The van der Waals surface area contributed by atoms with Crippen LogP contribution in [0.2, 0.25) is 0 Å². The van der Waals surface area contributed by atoms with Crippen molar-refractivity contribution in [3.05, 3.63) is 42.0 Å². The maximum absolute atomic E-state index is 11.6. The fourth-order valence-electron chi connectivity index (χ4n) is 1.54. The van der Waals surface area contributed by atoms with Crippen molar-refractivity contribution in [1.82, 2.24) is 5.32 Å². The molecule has 1 rings (SSSR count). The average Bonchev–Trinajstić information content (AvgIpc) is 2.42. The monoisotopic (exact) mass is 261 g/mol. The van der Waals surface area contributed by atoms with Crippen LogP contribution in [-0.2, 0) is 9.53 Å². The van der Waals surface area contributed by atoms with E-state index >= 15 is 0 Å². The van der Waals surface area contributed by atoms with E-state index in [9.17, 15) is 4.79 Å². The fourth-order valence-corrected chi connectivity index (χ4v) is 1.54. The van der Waals surface area contributed by atoms with Crippen LogP contribution in [0.25, 0.3) is 6.08 Å². The third-order valence-electron chi connectivity index (χ3n) is 2.64. The average molecular weight is 261 g/mol. The van der Waals surface area contributed by atoms with E-state index in [1.54, 1.807) is 6.08 Å². The van der Waals surface area contributed by atoms with E-state index in [0.717, 1.165) is 18.5 Å². The van der Waals surface area contributed by atoms with Gasteiger partial charge in [-0.1, -0.05) is 37.3 Å². The second-order valence-electron chi connectivity index (χ2n) is 5.16. The molecule has 19 heavy (non-hydrogen) atoms. The first-order valence-corrected chi connectivity index (χ1v) is 6.68. The smallest absolute Gasteiger partial charge is 0.330 e. The number of hydrogen-bond donors (Lipinski definition) is 1. The second kappa shape index (κ2) is 7.74. The maximum atomic E-state index is 11.6. The predicted octanol–water partition coefficient (Wildman–Crippen LogP) is 3.02. The summed E-state index contributed by atoms with van der Waals surface area (Å²) >= 11 is 0. The summed E-state index contributed by atoms with van der Waals surface area (Å²) in [5, 5.41) is 3.34. The number of carbonyl (C=O) groups excluding carboxylic acids is 1. The minimum absolute atomic E-state index is 0.188. The van der Waals surface area contributed by atoms with Crippen LogP contribution in [0.5, 0.6) is 0 Å². The molecule has 0 unspecified atom stereocenters. The van der Waals surface area contributed by atoms with Crippen LogP contribution in [0, 0.1) is 0 Å². The van der Waals surface area contributed by atoms with E-state index < -0.39 is 0 Å². The lowest BCUT2D eigenvalue weighted by atomic mass is 10.1. The van der Waals surface area contributed by atoms with Crippen LogP contribution in [0.4, 0.5) is 0 Å². The molecule has 0 fully saturated rings. The largest absolute Gasteiger partial charge is 0.461 e. The number of nitrogens with one attached hydrogen (secondary N) is 1. The van der Waals surface area contributed by atoms with Gasteiger partial charge in [0.2, 0.25) is 0 Å². The quantitative estimate of drug-likeness (QED) is 0.605. The fraction of sp³-hybridized carbons (Fsp3) is 0.438. The highest BCUT2D eigenvalue weighted by Gasteiger charge is 2.18. The van der Waals surface area contributed by atoms with Crippen LogP contribution in [-0.4, -0.2) is 24.7 Å². The van der Waals surface area contributed by atoms with Gasteiger partial charge in [0, 0.05) is 11.6 Å². The first-order valence-electron chi connectivity index (χ1n) is 6.68. The van der Waals surface area contributed by atoms with E-state index in [2.05, 4.69) is 12.2 Å². The van der Waals surface area contributed by atoms with Crippen molar-refractivity contribution in [3.8, 4) is 0 Å². The Kier molecular flexibility index (Phi) is 6.30. The Bertz CT molecular complexity index is 410. The van der Waals surface area contributed by atoms with Crippen molar-refractivity contribution in [3.63, 3.8) is 0 Å². The Morgan fingerprint density at radius 3 is 2.63 bits per heavy atom. The summed E-state index contributed by atoms with van der Waals surface area (Å²) < 4.78 is 5.24. The first-order chi connectivity index (χ1) is 9.03. The van der Waals surface area contributed by atoms with Gasteiger partial charge in [0.15, 0.2) is 0 Å². The summed E-state index contributed by atoms with van der Waals surface area (Å²) in [6.45, 7) is 7.45. The minimum atomic E-state index is -0.310. The molecule has 1 N–H and O–H groups in total. The van der Waals surface area contributed by atoms with Gasteiger partial charge in [0.05, 0.1) is 0 Å². The summed E-state index contributed by atoms with van der Waals surface area (Å²) in [5.74, 6) is -0.310. The van der Waals surface area contributed by atoms with Crippen molar-refractivity contribution in [2.24, 2.45) is 0 Å². The van der Waals surface area contributed by atoms with Crippen LogP contribution < -0.4 is 5.32 Å². The molecule has 0 bridgehead atoms. The molecular weight excluding hydrogens is 238 g/mol. The van der Waals surface area contributed by atoms with Crippen LogP contribution in [0.3, 0.4) is 0 Å². The lowest BCUT2D eigenvalue weighted by molar-refractivity contribution is -0.139. The molecule has 0 atom stereocenters.